The molecule has 148 valence electrons. The number of nitro groups is 1. The first-order chi connectivity index (χ1) is 13.9. The summed E-state index contributed by atoms with van der Waals surface area (Å²) in [6.45, 7) is 5.57. The molecule has 2 aromatic carbocycles. The molecule has 0 bridgehead atoms. The lowest BCUT2D eigenvalue weighted by atomic mass is 10.2. The van der Waals surface area contributed by atoms with Crippen molar-refractivity contribution in [3.05, 3.63) is 81.7 Å². The van der Waals surface area contributed by atoms with Gasteiger partial charge in [-0.05, 0) is 25.1 Å². The van der Waals surface area contributed by atoms with Gasteiger partial charge in [0.05, 0.1) is 21.1 Å². The molecule has 3 aromatic rings. The van der Waals surface area contributed by atoms with Crippen molar-refractivity contribution in [2.45, 2.75) is 23.9 Å². The maximum atomic E-state index is 12.8. The van der Waals surface area contributed by atoms with Gasteiger partial charge in [0, 0.05) is 12.6 Å². The molecule has 0 aliphatic heterocycles. The Bertz CT molecular complexity index is 1160. The van der Waals surface area contributed by atoms with Crippen LogP contribution in [0.5, 0.6) is 0 Å². The van der Waals surface area contributed by atoms with Crippen LogP contribution in [0.15, 0.2) is 71.1 Å². The van der Waals surface area contributed by atoms with E-state index in [4.69, 9.17) is 0 Å². The number of carbonyl (C=O) groups is 1. The zero-order chi connectivity index (χ0) is 21.0. The smallest absolute Gasteiger partial charge is 0.292 e. The van der Waals surface area contributed by atoms with Gasteiger partial charge in [-0.25, -0.2) is 4.98 Å². The Hall–Kier alpha value is -3.46. The van der Waals surface area contributed by atoms with Crippen molar-refractivity contribution in [2.24, 2.45) is 0 Å². The minimum Gasteiger partial charge on any atom is -0.319 e. The third-order valence-electron chi connectivity index (χ3n) is 4.15. The number of nitrogens with zero attached hydrogens (tertiary/aromatic N) is 3. The number of amides is 1. The Kier molecular flexibility index (Phi) is 6.08. The molecule has 1 heterocycles. The highest BCUT2D eigenvalue weighted by Crippen LogP contribution is 2.27. The Labute approximate surface area is 170 Å². The van der Waals surface area contributed by atoms with Gasteiger partial charge in [-0.3, -0.25) is 24.3 Å². The minimum absolute atomic E-state index is 0.116. The predicted octanol–water partition coefficient (Wildman–Crippen LogP) is 3.61. The van der Waals surface area contributed by atoms with Crippen molar-refractivity contribution in [1.82, 2.24) is 9.55 Å². The molecule has 0 aliphatic rings. The number of benzene rings is 2. The highest BCUT2D eigenvalue weighted by atomic mass is 32.2. The number of aromatic nitrogens is 2. The van der Waals surface area contributed by atoms with E-state index < -0.39 is 16.1 Å². The molecule has 0 saturated carbocycles. The third-order valence-corrected chi connectivity index (χ3v) is 5.24. The number of hydrogen-bond donors (Lipinski definition) is 1. The molecule has 8 nitrogen and oxygen atoms in total. The highest BCUT2D eigenvalue weighted by molar-refractivity contribution is 8.00. The Morgan fingerprint density at radius 2 is 2.00 bits per heavy atom. The van der Waals surface area contributed by atoms with Crippen LogP contribution in [0, 0.1) is 10.1 Å². The minimum atomic E-state index is -0.654. The summed E-state index contributed by atoms with van der Waals surface area (Å²) < 4.78 is 1.45. The standard InChI is InChI=1S/C20H18N4O4S/c1-3-12-23-19(26)14-8-4-5-9-15(14)22-20(23)29-13(2)18(25)21-16-10-6-7-11-17(16)24(27)28/h3-11,13H,1,12H2,2H3,(H,21,25). The number of nitro benzene ring substituents is 1. The summed E-state index contributed by atoms with van der Waals surface area (Å²) in [5.74, 6) is -0.433. The second-order valence-corrected chi connectivity index (χ2v) is 7.45. The Morgan fingerprint density at radius 3 is 2.72 bits per heavy atom. The van der Waals surface area contributed by atoms with Crippen LogP contribution in [0.25, 0.3) is 10.9 Å². The number of fused-ring (bicyclic) bond motifs is 1. The van der Waals surface area contributed by atoms with E-state index in [0.717, 1.165) is 11.8 Å². The van der Waals surface area contributed by atoms with Crippen LogP contribution >= 0.6 is 11.8 Å². The van der Waals surface area contributed by atoms with Gasteiger partial charge in [-0.1, -0.05) is 42.1 Å². The molecule has 0 fully saturated rings. The first-order valence-electron chi connectivity index (χ1n) is 8.73. The molecule has 1 atom stereocenters. The largest absolute Gasteiger partial charge is 0.319 e. The van der Waals surface area contributed by atoms with Gasteiger partial charge in [0.25, 0.3) is 11.2 Å². The molecule has 29 heavy (non-hydrogen) atoms. The topological polar surface area (TPSA) is 107 Å². The van der Waals surface area contributed by atoms with Crippen molar-refractivity contribution in [3.8, 4) is 0 Å². The van der Waals surface area contributed by atoms with Crippen molar-refractivity contribution in [3.63, 3.8) is 0 Å². The summed E-state index contributed by atoms with van der Waals surface area (Å²) in [5.41, 5.74) is 0.242. The monoisotopic (exact) mass is 410 g/mol. The molecule has 0 spiro atoms. The lowest BCUT2D eigenvalue weighted by molar-refractivity contribution is -0.383. The molecule has 1 aromatic heterocycles. The van der Waals surface area contributed by atoms with Gasteiger partial charge in [0.2, 0.25) is 5.91 Å². The fourth-order valence-electron chi connectivity index (χ4n) is 2.71. The van der Waals surface area contributed by atoms with Gasteiger partial charge in [-0.15, -0.1) is 6.58 Å². The summed E-state index contributed by atoms with van der Waals surface area (Å²) in [6.07, 6.45) is 1.58. The molecule has 0 radical (unpaired) electrons. The maximum absolute atomic E-state index is 12.8. The summed E-state index contributed by atoms with van der Waals surface area (Å²) in [6, 6.07) is 12.9. The molecular weight excluding hydrogens is 392 g/mol. The fourth-order valence-corrected chi connectivity index (χ4v) is 3.63. The first kappa shape index (κ1) is 20.3. The molecule has 0 saturated heterocycles. The second kappa shape index (κ2) is 8.70. The van der Waals surface area contributed by atoms with E-state index in [1.54, 1.807) is 43.3 Å². The lowest BCUT2D eigenvalue weighted by Gasteiger charge is -2.15. The SMILES string of the molecule is C=CCn1c(SC(C)C(=O)Nc2ccccc2[N+](=O)[O-])nc2ccccc2c1=O. The van der Waals surface area contributed by atoms with Gasteiger partial charge in [0.1, 0.15) is 5.69 Å². The second-order valence-electron chi connectivity index (χ2n) is 6.14. The first-order valence-corrected chi connectivity index (χ1v) is 9.61. The van der Waals surface area contributed by atoms with E-state index >= 15 is 0 Å². The van der Waals surface area contributed by atoms with Crippen LogP contribution in [-0.2, 0) is 11.3 Å². The normalized spacial score (nSPS) is 11.8. The van der Waals surface area contributed by atoms with Crippen molar-refractivity contribution >= 4 is 39.9 Å². The molecule has 1 amide bonds. The number of allylic oxidation sites excluding steroid dienone is 1. The van der Waals surface area contributed by atoms with E-state index in [9.17, 15) is 19.7 Å². The van der Waals surface area contributed by atoms with Gasteiger partial charge in [0.15, 0.2) is 5.16 Å². The van der Waals surface area contributed by atoms with E-state index in [0.29, 0.717) is 16.1 Å². The van der Waals surface area contributed by atoms with Crippen LogP contribution in [0.1, 0.15) is 6.92 Å². The zero-order valence-corrected chi connectivity index (χ0v) is 16.4. The van der Waals surface area contributed by atoms with E-state index in [1.807, 2.05) is 0 Å². The average Bonchev–Trinajstić information content (AvgIpc) is 2.71. The van der Waals surface area contributed by atoms with E-state index in [2.05, 4.69) is 16.9 Å². The van der Waals surface area contributed by atoms with E-state index in [1.165, 1.54) is 22.8 Å². The van der Waals surface area contributed by atoms with Crippen LogP contribution in [0.3, 0.4) is 0 Å². The quantitative estimate of drug-likeness (QED) is 0.210. The number of anilines is 1. The molecule has 1 N–H and O–H groups in total. The number of nitrogens with one attached hydrogen (secondary N) is 1. The van der Waals surface area contributed by atoms with Gasteiger partial charge < -0.3 is 5.32 Å². The van der Waals surface area contributed by atoms with Crippen LogP contribution in [-0.4, -0.2) is 25.6 Å². The van der Waals surface area contributed by atoms with Crippen molar-refractivity contribution < 1.29 is 9.72 Å². The zero-order valence-electron chi connectivity index (χ0n) is 15.6. The maximum Gasteiger partial charge on any atom is 0.292 e. The van der Waals surface area contributed by atoms with Crippen LogP contribution in [0.2, 0.25) is 0 Å². The Morgan fingerprint density at radius 1 is 1.31 bits per heavy atom. The van der Waals surface area contributed by atoms with Crippen molar-refractivity contribution in [1.29, 1.82) is 0 Å². The summed E-state index contributed by atoms with van der Waals surface area (Å²) in [7, 11) is 0. The number of carbonyl (C=O) groups excluding carboxylic acids is 1. The summed E-state index contributed by atoms with van der Waals surface area (Å²) in [4.78, 5) is 40.5. The molecule has 9 heteroatoms. The highest BCUT2D eigenvalue weighted by Gasteiger charge is 2.22. The number of thioether (sulfide) groups is 1. The van der Waals surface area contributed by atoms with Gasteiger partial charge in [-0.2, -0.15) is 0 Å². The molecular formula is C20H18N4O4S. The average molecular weight is 410 g/mol. The lowest BCUT2D eigenvalue weighted by Crippen LogP contribution is -2.27. The Balaban J connectivity index is 1.89. The van der Waals surface area contributed by atoms with Crippen molar-refractivity contribution in [2.75, 3.05) is 5.32 Å². The predicted molar refractivity (Wildman–Crippen MR) is 113 cm³/mol. The molecule has 3 rings (SSSR count). The number of para-hydroxylation sites is 3. The number of hydrogen-bond acceptors (Lipinski definition) is 6. The fraction of sp³-hybridized carbons (Fsp3) is 0.150. The van der Waals surface area contributed by atoms with E-state index in [-0.39, 0.29) is 23.5 Å². The van der Waals surface area contributed by atoms with Crippen LogP contribution < -0.4 is 10.9 Å². The third kappa shape index (κ3) is 4.35. The summed E-state index contributed by atoms with van der Waals surface area (Å²) in [5, 5.41) is 13.9. The molecule has 0 aliphatic carbocycles. The molecule has 1 unspecified atom stereocenters. The summed E-state index contributed by atoms with van der Waals surface area (Å²) >= 11 is 1.10. The van der Waals surface area contributed by atoms with Gasteiger partial charge >= 0.3 is 0 Å². The van der Waals surface area contributed by atoms with Crippen LogP contribution in [0.4, 0.5) is 11.4 Å². The number of rotatable bonds is 7.